The van der Waals surface area contributed by atoms with Crippen molar-refractivity contribution in [3.63, 3.8) is 0 Å². The van der Waals surface area contributed by atoms with Crippen LogP contribution in [0.1, 0.15) is 57.2 Å². The maximum absolute atomic E-state index is 5.42. The highest BCUT2D eigenvalue weighted by molar-refractivity contribution is 5.10. The Balaban J connectivity index is 1.88. The lowest BCUT2D eigenvalue weighted by atomic mass is 9.80. The van der Waals surface area contributed by atoms with Gasteiger partial charge in [-0.25, -0.2) is 0 Å². The zero-order valence-corrected chi connectivity index (χ0v) is 9.28. The van der Waals surface area contributed by atoms with Gasteiger partial charge in [0.1, 0.15) is 0 Å². The summed E-state index contributed by atoms with van der Waals surface area (Å²) >= 11 is 0. The molecule has 0 spiro atoms. The summed E-state index contributed by atoms with van der Waals surface area (Å²) in [6.45, 7) is 2.26. The topological polar surface area (TPSA) is 64.9 Å². The standard InChI is InChI=1S/C11H19N3O/c1-2-3-8-4-6-9(7-5-8)10-13-11(12)15-14-10/h8-9H,2-7H2,1H3,(H2,12,13,14). The summed E-state index contributed by atoms with van der Waals surface area (Å²) < 4.78 is 4.81. The molecular formula is C11H19N3O. The van der Waals surface area contributed by atoms with Crippen molar-refractivity contribution in [2.24, 2.45) is 5.92 Å². The third kappa shape index (κ3) is 2.49. The summed E-state index contributed by atoms with van der Waals surface area (Å²) in [6.07, 6.45) is 7.62. The van der Waals surface area contributed by atoms with Crippen molar-refractivity contribution < 1.29 is 4.52 Å². The average Bonchev–Trinajstić information content (AvgIpc) is 2.67. The van der Waals surface area contributed by atoms with E-state index < -0.39 is 0 Å². The summed E-state index contributed by atoms with van der Waals surface area (Å²) in [4.78, 5) is 4.11. The molecule has 2 N–H and O–H groups in total. The van der Waals surface area contributed by atoms with Gasteiger partial charge in [-0.15, -0.1) is 0 Å². The summed E-state index contributed by atoms with van der Waals surface area (Å²) in [5.41, 5.74) is 5.42. The Morgan fingerprint density at radius 2 is 2.07 bits per heavy atom. The van der Waals surface area contributed by atoms with Gasteiger partial charge in [-0.05, 0) is 31.6 Å². The highest BCUT2D eigenvalue weighted by Gasteiger charge is 2.24. The maximum Gasteiger partial charge on any atom is 0.318 e. The van der Waals surface area contributed by atoms with E-state index in [-0.39, 0.29) is 6.01 Å². The van der Waals surface area contributed by atoms with Crippen LogP contribution < -0.4 is 5.73 Å². The first-order chi connectivity index (χ1) is 7.29. The molecule has 15 heavy (non-hydrogen) atoms. The molecule has 1 aliphatic carbocycles. The molecule has 1 fully saturated rings. The number of nitrogens with zero attached hydrogens (tertiary/aromatic N) is 2. The van der Waals surface area contributed by atoms with E-state index in [9.17, 15) is 0 Å². The second kappa shape index (κ2) is 4.64. The van der Waals surface area contributed by atoms with Gasteiger partial charge in [0.05, 0.1) is 0 Å². The molecule has 0 unspecified atom stereocenters. The van der Waals surface area contributed by atoms with E-state index >= 15 is 0 Å². The lowest BCUT2D eigenvalue weighted by molar-refractivity contribution is 0.296. The Labute approximate surface area is 90.2 Å². The van der Waals surface area contributed by atoms with Crippen LogP contribution in [-0.4, -0.2) is 10.1 Å². The molecule has 0 atom stereocenters. The fourth-order valence-electron chi connectivity index (χ4n) is 2.53. The second-order valence-electron chi connectivity index (χ2n) is 4.50. The smallest absolute Gasteiger partial charge is 0.318 e. The lowest BCUT2D eigenvalue weighted by Crippen LogP contribution is -2.14. The van der Waals surface area contributed by atoms with Gasteiger partial charge in [0.2, 0.25) is 0 Å². The maximum atomic E-state index is 5.42. The van der Waals surface area contributed by atoms with Crippen molar-refractivity contribution in [2.75, 3.05) is 5.73 Å². The first kappa shape index (κ1) is 10.5. The molecule has 4 nitrogen and oxygen atoms in total. The number of rotatable bonds is 3. The molecule has 0 amide bonds. The summed E-state index contributed by atoms with van der Waals surface area (Å²) in [5, 5.41) is 3.90. The normalized spacial score (nSPS) is 26.7. The Kier molecular flexibility index (Phi) is 3.23. The molecule has 1 heterocycles. The third-order valence-electron chi connectivity index (χ3n) is 3.37. The van der Waals surface area contributed by atoms with E-state index in [1.54, 1.807) is 0 Å². The Bertz CT molecular complexity index is 303. The molecule has 1 aromatic rings. The van der Waals surface area contributed by atoms with E-state index in [1.165, 1.54) is 38.5 Å². The van der Waals surface area contributed by atoms with Gasteiger partial charge in [0.25, 0.3) is 0 Å². The van der Waals surface area contributed by atoms with Crippen LogP contribution in [0.15, 0.2) is 4.52 Å². The molecule has 1 aliphatic rings. The molecule has 0 aromatic carbocycles. The predicted octanol–water partition coefficient (Wildman–Crippen LogP) is 2.73. The van der Waals surface area contributed by atoms with Crippen LogP contribution in [0, 0.1) is 5.92 Å². The first-order valence-corrected chi connectivity index (χ1v) is 5.88. The van der Waals surface area contributed by atoms with Crippen molar-refractivity contribution in [2.45, 2.75) is 51.4 Å². The van der Waals surface area contributed by atoms with Crippen LogP contribution in [0.25, 0.3) is 0 Å². The van der Waals surface area contributed by atoms with Gasteiger partial charge in [-0.3, -0.25) is 0 Å². The number of aromatic nitrogens is 2. The molecule has 1 aromatic heterocycles. The van der Waals surface area contributed by atoms with Crippen LogP contribution in [-0.2, 0) is 0 Å². The van der Waals surface area contributed by atoms with Gasteiger partial charge in [-0.2, -0.15) is 4.98 Å². The van der Waals surface area contributed by atoms with E-state index in [1.807, 2.05) is 0 Å². The lowest BCUT2D eigenvalue weighted by Gasteiger charge is -2.26. The van der Waals surface area contributed by atoms with Gasteiger partial charge in [-0.1, -0.05) is 24.9 Å². The average molecular weight is 209 g/mol. The molecule has 4 heteroatoms. The van der Waals surface area contributed by atoms with Crippen molar-refractivity contribution >= 4 is 6.01 Å². The monoisotopic (exact) mass is 209 g/mol. The van der Waals surface area contributed by atoms with Gasteiger partial charge in [0, 0.05) is 5.92 Å². The summed E-state index contributed by atoms with van der Waals surface area (Å²) in [6, 6.07) is 0.195. The van der Waals surface area contributed by atoms with Crippen LogP contribution in [0.5, 0.6) is 0 Å². The first-order valence-electron chi connectivity index (χ1n) is 5.88. The predicted molar refractivity (Wildman–Crippen MR) is 58.3 cm³/mol. The number of nitrogens with two attached hydrogens (primary N) is 1. The molecule has 0 aliphatic heterocycles. The van der Waals surface area contributed by atoms with Gasteiger partial charge in [0.15, 0.2) is 5.82 Å². The van der Waals surface area contributed by atoms with Crippen molar-refractivity contribution in [3.05, 3.63) is 5.82 Å². The van der Waals surface area contributed by atoms with Crippen molar-refractivity contribution in [3.8, 4) is 0 Å². The van der Waals surface area contributed by atoms with Crippen LogP contribution in [0.3, 0.4) is 0 Å². The van der Waals surface area contributed by atoms with Crippen LogP contribution in [0.4, 0.5) is 6.01 Å². The van der Waals surface area contributed by atoms with E-state index in [0.29, 0.717) is 5.92 Å². The van der Waals surface area contributed by atoms with Crippen molar-refractivity contribution in [1.29, 1.82) is 0 Å². The molecule has 1 saturated carbocycles. The number of hydrogen-bond acceptors (Lipinski definition) is 4. The summed E-state index contributed by atoms with van der Waals surface area (Å²) in [7, 11) is 0. The molecule has 0 bridgehead atoms. The molecule has 84 valence electrons. The zero-order chi connectivity index (χ0) is 10.7. The van der Waals surface area contributed by atoms with Crippen LogP contribution in [0.2, 0.25) is 0 Å². The van der Waals surface area contributed by atoms with E-state index in [4.69, 9.17) is 10.3 Å². The second-order valence-corrected chi connectivity index (χ2v) is 4.50. The Morgan fingerprint density at radius 3 is 2.60 bits per heavy atom. The largest absolute Gasteiger partial charge is 0.351 e. The number of nitrogen functional groups attached to an aromatic ring is 1. The summed E-state index contributed by atoms with van der Waals surface area (Å²) in [5.74, 6) is 2.19. The highest BCUT2D eigenvalue weighted by atomic mass is 16.5. The zero-order valence-electron chi connectivity index (χ0n) is 9.28. The fraction of sp³-hybridized carbons (Fsp3) is 0.818. The molecular weight excluding hydrogens is 190 g/mol. The van der Waals surface area contributed by atoms with Crippen LogP contribution >= 0.6 is 0 Å². The Morgan fingerprint density at radius 1 is 1.33 bits per heavy atom. The number of hydrogen-bond donors (Lipinski definition) is 1. The highest BCUT2D eigenvalue weighted by Crippen LogP contribution is 2.36. The minimum Gasteiger partial charge on any atom is -0.351 e. The fourth-order valence-corrected chi connectivity index (χ4v) is 2.53. The SMILES string of the molecule is CCCC1CCC(c2noc(N)n2)CC1. The molecule has 0 saturated heterocycles. The third-order valence-corrected chi connectivity index (χ3v) is 3.37. The van der Waals surface area contributed by atoms with Gasteiger partial charge >= 0.3 is 6.01 Å². The molecule has 0 radical (unpaired) electrons. The van der Waals surface area contributed by atoms with Crippen molar-refractivity contribution in [1.82, 2.24) is 10.1 Å². The van der Waals surface area contributed by atoms with Gasteiger partial charge < -0.3 is 10.3 Å². The van der Waals surface area contributed by atoms with E-state index in [0.717, 1.165) is 11.7 Å². The van der Waals surface area contributed by atoms with E-state index in [2.05, 4.69) is 17.1 Å². The molecule has 2 rings (SSSR count). The minimum absolute atomic E-state index is 0.195. The number of anilines is 1. The minimum atomic E-state index is 0.195. The Hall–Kier alpha value is -1.06. The quantitative estimate of drug-likeness (QED) is 0.831.